The van der Waals surface area contributed by atoms with E-state index in [1.54, 1.807) is 0 Å². The van der Waals surface area contributed by atoms with Crippen LogP contribution < -0.4 is 0 Å². The Morgan fingerprint density at radius 3 is 2.47 bits per heavy atom. The number of rotatable bonds is 3. The Hall–Kier alpha value is -0.890. The molecule has 1 N–H and O–H groups in total. The fourth-order valence-electron chi connectivity index (χ4n) is 1.73. The predicted octanol–water partition coefficient (Wildman–Crippen LogP) is 3.28. The maximum atomic E-state index is 13.0. The average molecular weight is 210 g/mol. The van der Waals surface area contributed by atoms with Gasteiger partial charge in [0.2, 0.25) is 0 Å². The van der Waals surface area contributed by atoms with Gasteiger partial charge in [-0.15, -0.1) is 0 Å². The van der Waals surface area contributed by atoms with E-state index in [4.69, 9.17) is 5.11 Å². The zero-order valence-electron chi connectivity index (χ0n) is 9.63. The van der Waals surface area contributed by atoms with Crippen LogP contribution in [0.5, 0.6) is 0 Å². The van der Waals surface area contributed by atoms with Crippen molar-refractivity contribution >= 4 is 0 Å². The minimum absolute atomic E-state index is 0.0109. The zero-order chi connectivity index (χ0) is 11.5. The molecule has 0 radical (unpaired) electrons. The van der Waals surface area contributed by atoms with Gasteiger partial charge in [-0.05, 0) is 16.5 Å². The summed E-state index contributed by atoms with van der Waals surface area (Å²) >= 11 is 0. The molecule has 0 fully saturated rings. The van der Waals surface area contributed by atoms with E-state index >= 15 is 0 Å². The molecule has 1 aromatic rings. The number of hydrogen-bond donors (Lipinski definition) is 1. The Morgan fingerprint density at radius 2 is 2.00 bits per heavy atom. The molecule has 0 bridgehead atoms. The lowest BCUT2D eigenvalue weighted by Gasteiger charge is -2.29. The van der Waals surface area contributed by atoms with Gasteiger partial charge in [-0.1, -0.05) is 45.0 Å². The van der Waals surface area contributed by atoms with Crippen molar-refractivity contribution in [1.82, 2.24) is 0 Å². The maximum Gasteiger partial charge on any atom is 0.0967 e. The molecule has 15 heavy (non-hydrogen) atoms. The monoisotopic (exact) mass is 210 g/mol. The van der Waals surface area contributed by atoms with Gasteiger partial charge < -0.3 is 5.11 Å². The highest BCUT2D eigenvalue weighted by Crippen LogP contribution is 2.35. The third-order valence-electron chi connectivity index (χ3n) is 2.74. The highest BCUT2D eigenvalue weighted by atomic mass is 19.1. The van der Waals surface area contributed by atoms with Gasteiger partial charge in [0, 0.05) is 5.92 Å². The van der Waals surface area contributed by atoms with E-state index in [9.17, 15) is 4.39 Å². The Labute approximate surface area is 90.9 Å². The first kappa shape index (κ1) is 12.2. The van der Waals surface area contributed by atoms with Crippen LogP contribution >= 0.6 is 0 Å². The summed E-state index contributed by atoms with van der Waals surface area (Å²) in [7, 11) is 0. The number of hydrogen-bond acceptors (Lipinski definition) is 1. The second kappa shape index (κ2) is 4.75. The standard InChI is InChI=1S/C13H19FO/c1-13(2,3)12(8-14)11-6-4-5-10(7-11)9-15/h4-7,12,15H,8-9H2,1-3H3. The Bertz CT molecular complexity index is 315. The smallest absolute Gasteiger partial charge is 0.0967 e. The summed E-state index contributed by atoms with van der Waals surface area (Å²) in [5.74, 6) is -0.107. The molecule has 1 aromatic carbocycles. The van der Waals surface area contributed by atoms with Gasteiger partial charge in [0.1, 0.15) is 0 Å². The lowest BCUT2D eigenvalue weighted by Crippen LogP contribution is -2.20. The molecule has 1 rings (SSSR count). The Kier molecular flexibility index (Phi) is 3.86. The summed E-state index contributed by atoms with van der Waals surface area (Å²) in [4.78, 5) is 0. The molecule has 1 nitrogen and oxygen atoms in total. The molecule has 0 amide bonds. The van der Waals surface area contributed by atoms with Gasteiger partial charge in [0.15, 0.2) is 0 Å². The Balaban J connectivity index is 3.02. The van der Waals surface area contributed by atoms with Crippen LogP contribution in [-0.4, -0.2) is 11.8 Å². The lowest BCUT2D eigenvalue weighted by molar-refractivity contribution is 0.260. The summed E-state index contributed by atoms with van der Waals surface area (Å²) in [6, 6.07) is 7.53. The van der Waals surface area contributed by atoms with Crippen molar-refractivity contribution < 1.29 is 9.50 Å². The van der Waals surface area contributed by atoms with Crippen molar-refractivity contribution in [1.29, 1.82) is 0 Å². The van der Waals surface area contributed by atoms with Crippen molar-refractivity contribution in [3.05, 3.63) is 35.4 Å². The molecule has 1 unspecified atom stereocenters. The molecule has 0 aromatic heterocycles. The molecule has 0 aliphatic carbocycles. The van der Waals surface area contributed by atoms with Crippen LogP contribution in [0.25, 0.3) is 0 Å². The highest BCUT2D eigenvalue weighted by Gasteiger charge is 2.26. The molecule has 0 spiro atoms. The van der Waals surface area contributed by atoms with E-state index in [-0.39, 0.29) is 24.6 Å². The van der Waals surface area contributed by atoms with E-state index in [2.05, 4.69) is 0 Å². The average Bonchev–Trinajstić information content (AvgIpc) is 2.17. The van der Waals surface area contributed by atoms with Gasteiger partial charge in [-0.25, -0.2) is 0 Å². The normalized spacial score (nSPS) is 13.9. The van der Waals surface area contributed by atoms with E-state index in [0.717, 1.165) is 11.1 Å². The van der Waals surface area contributed by atoms with E-state index < -0.39 is 0 Å². The van der Waals surface area contributed by atoms with Gasteiger partial charge >= 0.3 is 0 Å². The highest BCUT2D eigenvalue weighted by molar-refractivity contribution is 5.27. The summed E-state index contributed by atoms with van der Waals surface area (Å²) < 4.78 is 13.0. The van der Waals surface area contributed by atoms with Crippen LogP contribution in [0, 0.1) is 5.41 Å². The largest absolute Gasteiger partial charge is 0.392 e. The molecule has 1 atom stereocenters. The molecular weight excluding hydrogens is 191 g/mol. The third kappa shape index (κ3) is 3.03. The maximum absolute atomic E-state index is 13.0. The van der Waals surface area contributed by atoms with Crippen LogP contribution in [0.3, 0.4) is 0 Å². The van der Waals surface area contributed by atoms with Crippen LogP contribution in [-0.2, 0) is 6.61 Å². The number of aliphatic hydroxyl groups excluding tert-OH is 1. The fourth-order valence-corrected chi connectivity index (χ4v) is 1.73. The van der Waals surface area contributed by atoms with Crippen molar-refractivity contribution in [2.75, 3.05) is 6.67 Å². The molecule has 0 aliphatic heterocycles. The number of halogens is 1. The number of aliphatic hydroxyl groups is 1. The van der Waals surface area contributed by atoms with E-state index in [1.807, 2.05) is 45.0 Å². The van der Waals surface area contributed by atoms with Gasteiger partial charge in [0.05, 0.1) is 13.3 Å². The third-order valence-corrected chi connectivity index (χ3v) is 2.74. The van der Waals surface area contributed by atoms with Crippen LogP contribution in [0.15, 0.2) is 24.3 Å². The molecule has 2 heteroatoms. The summed E-state index contributed by atoms with van der Waals surface area (Å²) in [5, 5.41) is 9.03. The fraction of sp³-hybridized carbons (Fsp3) is 0.538. The summed E-state index contributed by atoms with van der Waals surface area (Å²) in [6.07, 6.45) is 0. The summed E-state index contributed by atoms with van der Waals surface area (Å²) in [5.41, 5.74) is 1.72. The molecular formula is C13H19FO. The predicted molar refractivity (Wildman–Crippen MR) is 60.5 cm³/mol. The van der Waals surface area contributed by atoms with E-state index in [0.29, 0.717) is 0 Å². The molecule has 0 saturated carbocycles. The van der Waals surface area contributed by atoms with Crippen molar-refractivity contribution in [2.24, 2.45) is 5.41 Å². The molecule has 0 saturated heterocycles. The van der Waals surface area contributed by atoms with Gasteiger partial charge in [-0.2, -0.15) is 0 Å². The first-order valence-electron chi connectivity index (χ1n) is 5.24. The van der Waals surface area contributed by atoms with E-state index in [1.165, 1.54) is 0 Å². The quantitative estimate of drug-likeness (QED) is 0.811. The second-order valence-electron chi connectivity index (χ2n) is 4.98. The lowest BCUT2D eigenvalue weighted by atomic mass is 9.77. The second-order valence-corrected chi connectivity index (χ2v) is 4.98. The van der Waals surface area contributed by atoms with Crippen molar-refractivity contribution in [3.63, 3.8) is 0 Å². The van der Waals surface area contributed by atoms with Gasteiger partial charge in [0.25, 0.3) is 0 Å². The van der Waals surface area contributed by atoms with Crippen LogP contribution in [0.2, 0.25) is 0 Å². The van der Waals surface area contributed by atoms with Crippen molar-refractivity contribution in [2.45, 2.75) is 33.3 Å². The minimum Gasteiger partial charge on any atom is -0.392 e. The zero-order valence-corrected chi connectivity index (χ0v) is 9.63. The minimum atomic E-state index is -0.363. The molecule has 84 valence electrons. The summed E-state index contributed by atoms with van der Waals surface area (Å²) in [6.45, 7) is 5.74. The Morgan fingerprint density at radius 1 is 1.33 bits per heavy atom. The number of alkyl halides is 1. The van der Waals surface area contributed by atoms with Crippen molar-refractivity contribution in [3.8, 4) is 0 Å². The SMILES string of the molecule is CC(C)(C)C(CF)c1cccc(CO)c1. The molecule has 0 heterocycles. The van der Waals surface area contributed by atoms with Crippen LogP contribution in [0.4, 0.5) is 4.39 Å². The first-order chi connectivity index (χ1) is 6.99. The van der Waals surface area contributed by atoms with Gasteiger partial charge in [-0.3, -0.25) is 4.39 Å². The van der Waals surface area contributed by atoms with Crippen LogP contribution in [0.1, 0.15) is 37.8 Å². The topological polar surface area (TPSA) is 20.2 Å². The number of benzene rings is 1. The first-order valence-corrected chi connectivity index (χ1v) is 5.24. The molecule has 0 aliphatic rings.